The predicted molar refractivity (Wildman–Crippen MR) is 48.0 cm³/mol. The molecule has 0 heteroatoms. The molecule has 0 N–H and O–H groups in total. The first kappa shape index (κ1) is 9.22. The average Bonchev–Trinajstić information content (AvgIpc) is 1.90. The van der Waals surface area contributed by atoms with Crippen molar-refractivity contribution in [1.82, 2.24) is 0 Å². The number of allylic oxidation sites excluding steroid dienone is 4. The van der Waals surface area contributed by atoms with Crippen molar-refractivity contribution in [2.45, 2.75) is 26.7 Å². The molecule has 0 aromatic carbocycles. The molecule has 0 unspecified atom stereocenters. The smallest absolute Gasteiger partial charge is 0.0245 e. The van der Waals surface area contributed by atoms with E-state index in [0.717, 1.165) is 12.8 Å². The molecule has 0 bridgehead atoms. The van der Waals surface area contributed by atoms with Crippen LogP contribution < -0.4 is 0 Å². The van der Waals surface area contributed by atoms with E-state index < -0.39 is 0 Å². The Kier molecular flexibility index (Phi) is 4.65. The molecule has 0 amide bonds. The molecule has 0 atom stereocenters. The van der Waals surface area contributed by atoms with Crippen LogP contribution in [0, 0.1) is 0 Å². The minimum absolute atomic E-state index is 1.08. The molecule has 0 aliphatic heterocycles. The SMILES string of the molecule is C=C/C(=C/C)CCC(=C)C. The van der Waals surface area contributed by atoms with Crippen LogP contribution in [-0.2, 0) is 0 Å². The van der Waals surface area contributed by atoms with Gasteiger partial charge < -0.3 is 0 Å². The molecule has 0 nitrogen and oxygen atoms in total. The number of hydrogen-bond donors (Lipinski definition) is 0. The van der Waals surface area contributed by atoms with Crippen LogP contribution in [0.25, 0.3) is 0 Å². The van der Waals surface area contributed by atoms with Gasteiger partial charge in [-0.1, -0.05) is 29.9 Å². The third-order valence-electron chi connectivity index (χ3n) is 1.47. The van der Waals surface area contributed by atoms with Gasteiger partial charge in [0.25, 0.3) is 0 Å². The van der Waals surface area contributed by atoms with Crippen LogP contribution in [0.1, 0.15) is 26.7 Å². The summed E-state index contributed by atoms with van der Waals surface area (Å²) in [6, 6.07) is 0. The zero-order chi connectivity index (χ0) is 7.98. The van der Waals surface area contributed by atoms with Crippen LogP contribution in [0.15, 0.2) is 36.5 Å². The summed E-state index contributed by atoms with van der Waals surface area (Å²) in [5.74, 6) is 0. The Bertz CT molecular complexity index is 149. The Morgan fingerprint density at radius 2 is 2.00 bits per heavy atom. The topological polar surface area (TPSA) is 0 Å². The van der Waals surface area contributed by atoms with Gasteiger partial charge in [-0.2, -0.15) is 0 Å². The van der Waals surface area contributed by atoms with Crippen molar-refractivity contribution in [2.75, 3.05) is 0 Å². The maximum Gasteiger partial charge on any atom is -0.0245 e. The summed E-state index contributed by atoms with van der Waals surface area (Å²) in [5, 5.41) is 0. The molecular weight excluding hydrogens is 120 g/mol. The van der Waals surface area contributed by atoms with Gasteiger partial charge in [-0.25, -0.2) is 0 Å². The van der Waals surface area contributed by atoms with Gasteiger partial charge in [0, 0.05) is 0 Å². The van der Waals surface area contributed by atoms with E-state index in [-0.39, 0.29) is 0 Å². The Balaban J connectivity index is 3.66. The minimum atomic E-state index is 1.08. The molecule has 0 aromatic heterocycles. The van der Waals surface area contributed by atoms with Crippen molar-refractivity contribution >= 4 is 0 Å². The molecule has 0 saturated carbocycles. The highest BCUT2D eigenvalue weighted by atomic mass is 14.0. The van der Waals surface area contributed by atoms with Crippen molar-refractivity contribution in [2.24, 2.45) is 0 Å². The third kappa shape index (κ3) is 4.13. The first-order valence-electron chi connectivity index (χ1n) is 3.62. The Labute approximate surface area is 64.0 Å². The predicted octanol–water partition coefficient (Wildman–Crippen LogP) is 3.48. The summed E-state index contributed by atoms with van der Waals surface area (Å²) in [4.78, 5) is 0. The second kappa shape index (κ2) is 5.04. The monoisotopic (exact) mass is 136 g/mol. The van der Waals surface area contributed by atoms with Gasteiger partial charge in [-0.05, 0) is 26.7 Å². The zero-order valence-electron chi connectivity index (χ0n) is 6.98. The van der Waals surface area contributed by atoms with Gasteiger partial charge in [0.1, 0.15) is 0 Å². The lowest BCUT2D eigenvalue weighted by atomic mass is 10.1. The van der Waals surface area contributed by atoms with Gasteiger partial charge in [-0.15, -0.1) is 6.58 Å². The van der Waals surface area contributed by atoms with E-state index in [4.69, 9.17) is 0 Å². The van der Waals surface area contributed by atoms with Gasteiger partial charge >= 0.3 is 0 Å². The molecule has 0 saturated heterocycles. The van der Waals surface area contributed by atoms with Gasteiger partial charge in [-0.3, -0.25) is 0 Å². The minimum Gasteiger partial charge on any atom is -0.100 e. The first-order chi connectivity index (χ1) is 4.70. The average molecular weight is 136 g/mol. The highest BCUT2D eigenvalue weighted by Gasteiger charge is 1.89. The Morgan fingerprint density at radius 3 is 2.30 bits per heavy atom. The van der Waals surface area contributed by atoms with Crippen LogP contribution in [-0.4, -0.2) is 0 Å². The van der Waals surface area contributed by atoms with Crippen LogP contribution in [0.5, 0.6) is 0 Å². The fourth-order valence-corrected chi connectivity index (χ4v) is 0.722. The van der Waals surface area contributed by atoms with E-state index >= 15 is 0 Å². The molecular formula is C10H16. The summed E-state index contributed by atoms with van der Waals surface area (Å²) >= 11 is 0. The van der Waals surface area contributed by atoms with Crippen LogP contribution in [0.3, 0.4) is 0 Å². The van der Waals surface area contributed by atoms with Crippen molar-refractivity contribution < 1.29 is 0 Å². The summed E-state index contributed by atoms with van der Waals surface area (Å²) in [6.07, 6.45) is 6.15. The molecule has 0 heterocycles. The Hall–Kier alpha value is -0.780. The van der Waals surface area contributed by atoms with Crippen LogP contribution in [0.4, 0.5) is 0 Å². The van der Waals surface area contributed by atoms with E-state index in [1.54, 1.807) is 0 Å². The molecule has 0 spiro atoms. The lowest BCUT2D eigenvalue weighted by Gasteiger charge is -1.99. The molecule has 0 radical (unpaired) electrons. The fraction of sp³-hybridized carbons (Fsp3) is 0.400. The van der Waals surface area contributed by atoms with Gasteiger partial charge in [0.05, 0.1) is 0 Å². The second-order valence-electron chi connectivity index (χ2n) is 2.52. The molecule has 0 fully saturated rings. The van der Waals surface area contributed by atoms with Crippen molar-refractivity contribution in [3.05, 3.63) is 36.5 Å². The zero-order valence-corrected chi connectivity index (χ0v) is 6.98. The highest BCUT2D eigenvalue weighted by Crippen LogP contribution is 2.09. The quantitative estimate of drug-likeness (QED) is 0.410. The molecule has 0 rings (SSSR count). The summed E-state index contributed by atoms with van der Waals surface area (Å²) in [5.41, 5.74) is 2.55. The van der Waals surface area contributed by atoms with Crippen LogP contribution >= 0.6 is 0 Å². The molecule has 56 valence electrons. The van der Waals surface area contributed by atoms with Gasteiger partial charge in [0.15, 0.2) is 0 Å². The summed E-state index contributed by atoms with van der Waals surface area (Å²) in [7, 11) is 0. The highest BCUT2D eigenvalue weighted by molar-refractivity contribution is 5.16. The van der Waals surface area contributed by atoms with E-state index in [2.05, 4.69) is 26.2 Å². The van der Waals surface area contributed by atoms with Crippen LogP contribution in [0.2, 0.25) is 0 Å². The van der Waals surface area contributed by atoms with E-state index in [0.29, 0.717) is 0 Å². The van der Waals surface area contributed by atoms with E-state index in [9.17, 15) is 0 Å². The standard InChI is InChI=1S/C10H16/c1-5-10(6-2)8-7-9(3)4/h5-6H,1,3,7-8H2,2,4H3/b10-6-. The molecule has 0 aromatic rings. The number of hydrogen-bond acceptors (Lipinski definition) is 0. The summed E-state index contributed by atoms with van der Waals surface area (Å²) < 4.78 is 0. The normalized spacial score (nSPS) is 11.2. The van der Waals surface area contributed by atoms with Crippen molar-refractivity contribution in [3.63, 3.8) is 0 Å². The van der Waals surface area contributed by atoms with Crippen molar-refractivity contribution in [3.8, 4) is 0 Å². The molecule has 10 heavy (non-hydrogen) atoms. The maximum absolute atomic E-state index is 3.83. The van der Waals surface area contributed by atoms with Gasteiger partial charge in [0.2, 0.25) is 0 Å². The lowest BCUT2D eigenvalue weighted by molar-refractivity contribution is 0.949. The largest absolute Gasteiger partial charge is 0.100 e. The fourth-order valence-electron chi connectivity index (χ4n) is 0.722. The second-order valence-corrected chi connectivity index (χ2v) is 2.52. The van der Waals surface area contributed by atoms with Crippen molar-refractivity contribution in [1.29, 1.82) is 0 Å². The molecule has 0 aliphatic carbocycles. The maximum atomic E-state index is 3.83. The molecule has 0 aliphatic rings. The lowest BCUT2D eigenvalue weighted by Crippen LogP contribution is -1.79. The third-order valence-corrected chi connectivity index (χ3v) is 1.47. The van der Waals surface area contributed by atoms with E-state index in [1.165, 1.54) is 11.1 Å². The Morgan fingerprint density at radius 1 is 1.40 bits per heavy atom. The first-order valence-corrected chi connectivity index (χ1v) is 3.62. The number of rotatable bonds is 4. The van der Waals surface area contributed by atoms with E-state index in [1.807, 2.05) is 13.0 Å². The summed E-state index contributed by atoms with van der Waals surface area (Å²) in [6.45, 7) is 11.6.